The van der Waals surface area contributed by atoms with Crippen LogP contribution in [0.25, 0.3) is 0 Å². The first-order valence-electron chi connectivity index (χ1n) is 8.07. The molecule has 0 spiro atoms. The van der Waals surface area contributed by atoms with Crippen LogP contribution in [0.1, 0.15) is 52.9 Å². The molecule has 1 heterocycles. The molecule has 1 N–H and O–H groups in total. The topological polar surface area (TPSA) is 15.3 Å². The summed E-state index contributed by atoms with van der Waals surface area (Å²) in [5, 5.41) is 3.59. The van der Waals surface area contributed by atoms with Crippen molar-refractivity contribution >= 4 is 0 Å². The van der Waals surface area contributed by atoms with Gasteiger partial charge in [-0.3, -0.25) is 0 Å². The first kappa shape index (κ1) is 14.3. The van der Waals surface area contributed by atoms with Crippen molar-refractivity contribution in [2.24, 2.45) is 17.8 Å². The Morgan fingerprint density at radius 2 is 2.00 bits per heavy atom. The average molecular weight is 252 g/mol. The van der Waals surface area contributed by atoms with E-state index >= 15 is 0 Å². The summed E-state index contributed by atoms with van der Waals surface area (Å²) in [5.41, 5.74) is 0. The number of nitrogens with one attached hydrogen (secondary N) is 1. The van der Waals surface area contributed by atoms with Crippen LogP contribution in [0.3, 0.4) is 0 Å². The van der Waals surface area contributed by atoms with Crippen molar-refractivity contribution in [3.8, 4) is 0 Å². The SMILES string of the molecule is CCC1CCCN1CC1C(C)CC(C)CC1NC. The van der Waals surface area contributed by atoms with Crippen molar-refractivity contribution in [2.75, 3.05) is 20.1 Å². The number of hydrogen-bond donors (Lipinski definition) is 1. The van der Waals surface area contributed by atoms with Crippen LogP contribution in [0.2, 0.25) is 0 Å². The van der Waals surface area contributed by atoms with Crippen LogP contribution in [0.5, 0.6) is 0 Å². The van der Waals surface area contributed by atoms with Gasteiger partial charge in [-0.1, -0.05) is 20.8 Å². The van der Waals surface area contributed by atoms with E-state index in [-0.39, 0.29) is 0 Å². The Morgan fingerprint density at radius 1 is 1.22 bits per heavy atom. The van der Waals surface area contributed by atoms with Crippen LogP contribution in [0, 0.1) is 17.8 Å². The lowest BCUT2D eigenvalue weighted by Gasteiger charge is -2.42. The minimum atomic E-state index is 0.738. The van der Waals surface area contributed by atoms with Crippen LogP contribution < -0.4 is 5.32 Å². The van der Waals surface area contributed by atoms with Crippen molar-refractivity contribution in [2.45, 2.75) is 65.0 Å². The molecule has 0 aromatic heterocycles. The molecule has 1 aliphatic heterocycles. The molecule has 0 bridgehead atoms. The normalized spacial score (nSPS) is 42.3. The highest BCUT2D eigenvalue weighted by Crippen LogP contribution is 2.35. The lowest BCUT2D eigenvalue weighted by molar-refractivity contribution is 0.0979. The molecule has 5 unspecified atom stereocenters. The fourth-order valence-corrected chi connectivity index (χ4v) is 4.42. The minimum Gasteiger partial charge on any atom is -0.317 e. The smallest absolute Gasteiger partial charge is 0.0110 e. The van der Waals surface area contributed by atoms with Gasteiger partial charge >= 0.3 is 0 Å². The molecule has 2 heteroatoms. The minimum absolute atomic E-state index is 0.738. The summed E-state index contributed by atoms with van der Waals surface area (Å²) in [4.78, 5) is 2.78. The van der Waals surface area contributed by atoms with Gasteiger partial charge in [0, 0.05) is 18.6 Å². The fourth-order valence-electron chi connectivity index (χ4n) is 4.42. The van der Waals surface area contributed by atoms with E-state index in [9.17, 15) is 0 Å². The van der Waals surface area contributed by atoms with Gasteiger partial charge in [-0.25, -0.2) is 0 Å². The van der Waals surface area contributed by atoms with Gasteiger partial charge in [0.25, 0.3) is 0 Å². The van der Waals surface area contributed by atoms with Crippen molar-refractivity contribution in [3.63, 3.8) is 0 Å². The lowest BCUT2D eigenvalue weighted by atomic mass is 9.72. The zero-order chi connectivity index (χ0) is 13.1. The van der Waals surface area contributed by atoms with Crippen LogP contribution in [-0.4, -0.2) is 37.1 Å². The molecule has 1 aliphatic carbocycles. The molecule has 0 aromatic rings. The Balaban J connectivity index is 1.97. The Hall–Kier alpha value is -0.0800. The van der Waals surface area contributed by atoms with Crippen molar-refractivity contribution in [1.82, 2.24) is 10.2 Å². The quantitative estimate of drug-likeness (QED) is 0.827. The van der Waals surface area contributed by atoms with Crippen molar-refractivity contribution in [1.29, 1.82) is 0 Å². The molecular formula is C16H32N2. The molecule has 0 amide bonds. The Kier molecular flexibility index (Phi) is 5.08. The number of hydrogen-bond acceptors (Lipinski definition) is 2. The summed E-state index contributed by atoms with van der Waals surface area (Å²) >= 11 is 0. The number of likely N-dealkylation sites (tertiary alicyclic amines) is 1. The summed E-state index contributed by atoms with van der Waals surface area (Å²) in [7, 11) is 2.16. The highest BCUT2D eigenvalue weighted by Gasteiger charge is 2.36. The zero-order valence-electron chi connectivity index (χ0n) is 12.8. The molecule has 2 fully saturated rings. The molecule has 5 atom stereocenters. The van der Waals surface area contributed by atoms with Crippen molar-refractivity contribution < 1.29 is 0 Å². The third-order valence-corrected chi connectivity index (χ3v) is 5.46. The summed E-state index contributed by atoms with van der Waals surface area (Å²) in [6.45, 7) is 9.92. The second-order valence-corrected chi connectivity index (χ2v) is 6.81. The zero-order valence-corrected chi connectivity index (χ0v) is 12.8. The second kappa shape index (κ2) is 6.38. The van der Waals surface area contributed by atoms with E-state index < -0.39 is 0 Å². The van der Waals surface area contributed by atoms with E-state index in [2.05, 4.69) is 38.0 Å². The maximum atomic E-state index is 3.59. The lowest BCUT2D eigenvalue weighted by Crippen LogP contribution is -2.48. The molecule has 2 aliphatic rings. The van der Waals surface area contributed by atoms with E-state index in [0.29, 0.717) is 0 Å². The van der Waals surface area contributed by atoms with Gasteiger partial charge in [-0.05, 0) is 63.5 Å². The molecule has 0 radical (unpaired) electrons. The summed E-state index contributed by atoms with van der Waals surface area (Å²) in [6, 6.07) is 1.61. The molecule has 2 nitrogen and oxygen atoms in total. The third-order valence-electron chi connectivity index (χ3n) is 5.46. The highest BCUT2D eigenvalue weighted by atomic mass is 15.2. The van der Waals surface area contributed by atoms with Crippen LogP contribution in [0.15, 0.2) is 0 Å². The van der Waals surface area contributed by atoms with E-state index in [1.807, 2.05) is 0 Å². The number of rotatable bonds is 4. The average Bonchev–Trinajstić information content (AvgIpc) is 2.79. The van der Waals surface area contributed by atoms with Gasteiger partial charge in [0.05, 0.1) is 0 Å². The van der Waals surface area contributed by atoms with E-state index in [0.717, 1.165) is 29.8 Å². The second-order valence-electron chi connectivity index (χ2n) is 6.81. The van der Waals surface area contributed by atoms with Crippen LogP contribution in [-0.2, 0) is 0 Å². The maximum absolute atomic E-state index is 3.59. The Bertz CT molecular complexity index is 253. The van der Waals surface area contributed by atoms with Crippen molar-refractivity contribution in [3.05, 3.63) is 0 Å². The molecular weight excluding hydrogens is 220 g/mol. The Morgan fingerprint density at radius 3 is 2.67 bits per heavy atom. The van der Waals surface area contributed by atoms with Gasteiger partial charge in [-0.2, -0.15) is 0 Å². The maximum Gasteiger partial charge on any atom is 0.0110 e. The molecule has 2 rings (SSSR count). The van der Waals surface area contributed by atoms with E-state index in [4.69, 9.17) is 0 Å². The van der Waals surface area contributed by atoms with Gasteiger partial charge in [-0.15, -0.1) is 0 Å². The highest BCUT2D eigenvalue weighted by molar-refractivity contribution is 4.90. The first-order chi connectivity index (χ1) is 8.65. The predicted octanol–water partition coefficient (Wildman–Crippen LogP) is 3.13. The Labute approximate surface area is 114 Å². The van der Waals surface area contributed by atoms with Gasteiger partial charge in [0.1, 0.15) is 0 Å². The predicted molar refractivity (Wildman–Crippen MR) is 78.8 cm³/mol. The standard InChI is InChI=1S/C16H32N2/c1-5-14-7-6-8-18(14)11-15-13(3)9-12(2)10-16(15)17-4/h12-17H,5-11H2,1-4H3. The largest absolute Gasteiger partial charge is 0.317 e. The fraction of sp³-hybridized carbons (Fsp3) is 1.00. The molecule has 1 saturated carbocycles. The van der Waals surface area contributed by atoms with E-state index in [1.165, 1.54) is 45.2 Å². The number of nitrogens with zero attached hydrogens (tertiary/aromatic N) is 1. The third kappa shape index (κ3) is 3.08. The van der Waals surface area contributed by atoms with Gasteiger partial charge < -0.3 is 10.2 Å². The first-order valence-corrected chi connectivity index (χ1v) is 8.07. The molecule has 18 heavy (non-hydrogen) atoms. The molecule has 0 aromatic carbocycles. The summed E-state index contributed by atoms with van der Waals surface area (Å²) in [6.07, 6.45) is 6.98. The molecule has 1 saturated heterocycles. The summed E-state index contributed by atoms with van der Waals surface area (Å²) in [5.74, 6) is 2.64. The van der Waals surface area contributed by atoms with Crippen LogP contribution in [0.4, 0.5) is 0 Å². The monoisotopic (exact) mass is 252 g/mol. The van der Waals surface area contributed by atoms with E-state index in [1.54, 1.807) is 0 Å². The van der Waals surface area contributed by atoms with Crippen LogP contribution >= 0.6 is 0 Å². The summed E-state index contributed by atoms with van der Waals surface area (Å²) < 4.78 is 0. The van der Waals surface area contributed by atoms with Gasteiger partial charge in [0.2, 0.25) is 0 Å². The van der Waals surface area contributed by atoms with Gasteiger partial charge in [0.15, 0.2) is 0 Å². The molecule has 106 valence electrons.